The molecule has 8 nitrogen and oxygen atoms in total. The van der Waals surface area contributed by atoms with Gasteiger partial charge in [-0.3, -0.25) is 4.79 Å². The Morgan fingerprint density at radius 2 is 2.28 bits per heavy atom. The van der Waals surface area contributed by atoms with Crippen LogP contribution in [0.4, 0.5) is 5.82 Å². The van der Waals surface area contributed by atoms with Gasteiger partial charge in [0.15, 0.2) is 5.82 Å². The average molecular weight is 247 g/mol. The van der Waals surface area contributed by atoms with Gasteiger partial charge in [-0.1, -0.05) is 5.21 Å². The van der Waals surface area contributed by atoms with Gasteiger partial charge in [0.25, 0.3) is 5.91 Å². The second kappa shape index (κ2) is 5.21. The number of amides is 1. The first-order valence-corrected chi connectivity index (χ1v) is 5.30. The third-order valence-electron chi connectivity index (χ3n) is 2.23. The highest BCUT2D eigenvalue weighted by Crippen LogP contribution is 2.07. The zero-order valence-corrected chi connectivity index (χ0v) is 10.1. The van der Waals surface area contributed by atoms with E-state index in [2.05, 4.69) is 30.9 Å². The van der Waals surface area contributed by atoms with E-state index in [4.69, 9.17) is 0 Å². The molecule has 18 heavy (non-hydrogen) atoms. The number of anilines is 1. The minimum absolute atomic E-state index is 0.0767. The molecule has 2 rings (SSSR count). The fraction of sp³-hybridized carbons (Fsp3) is 0.300. The topological polar surface area (TPSA) is 99.7 Å². The summed E-state index contributed by atoms with van der Waals surface area (Å²) in [5.74, 6) is 1.12. The standard InChI is InChI=1S/C10H13N7O/c1-17(2)10(18)7-3-4-8(11-5-7)12-6-9-13-15-16-14-9/h3-5H,6H2,1-2H3,(H,11,12)(H,13,14,15,16). The summed E-state index contributed by atoms with van der Waals surface area (Å²) in [5.41, 5.74) is 0.546. The van der Waals surface area contributed by atoms with E-state index in [0.29, 0.717) is 23.8 Å². The summed E-state index contributed by atoms with van der Waals surface area (Å²) in [7, 11) is 3.40. The number of H-pyrrole nitrogens is 1. The molecule has 0 spiro atoms. The van der Waals surface area contributed by atoms with E-state index in [1.54, 1.807) is 26.2 Å². The maximum absolute atomic E-state index is 11.6. The summed E-state index contributed by atoms with van der Waals surface area (Å²) in [6.07, 6.45) is 1.53. The number of tetrazole rings is 1. The number of rotatable bonds is 4. The van der Waals surface area contributed by atoms with Crippen molar-refractivity contribution in [2.45, 2.75) is 6.54 Å². The van der Waals surface area contributed by atoms with Crippen LogP contribution in [0.2, 0.25) is 0 Å². The van der Waals surface area contributed by atoms with Crippen molar-refractivity contribution in [3.05, 3.63) is 29.7 Å². The highest BCUT2D eigenvalue weighted by atomic mass is 16.2. The number of nitrogens with zero attached hydrogens (tertiary/aromatic N) is 5. The van der Waals surface area contributed by atoms with Crippen LogP contribution >= 0.6 is 0 Å². The van der Waals surface area contributed by atoms with Gasteiger partial charge < -0.3 is 10.2 Å². The molecule has 2 heterocycles. The second-order valence-electron chi connectivity index (χ2n) is 3.81. The van der Waals surface area contributed by atoms with Crippen molar-refractivity contribution in [1.82, 2.24) is 30.5 Å². The molecule has 2 N–H and O–H groups in total. The van der Waals surface area contributed by atoms with E-state index in [1.165, 1.54) is 11.1 Å². The van der Waals surface area contributed by atoms with Crippen molar-refractivity contribution in [3.8, 4) is 0 Å². The summed E-state index contributed by atoms with van der Waals surface area (Å²) in [6.45, 7) is 0.421. The third-order valence-corrected chi connectivity index (χ3v) is 2.23. The van der Waals surface area contributed by atoms with Gasteiger partial charge in [-0.15, -0.1) is 10.2 Å². The molecule has 2 aromatic heterocycles. The summed E-state index contributed by atoms with van der Waals surface area (Å²) in [4.78, 5) is 17.3. The van der Waals surface area contributed by atoms with Gasteiger partial charge in [0.2, 0.25) is 0 Å². The van der Waals surface area contributed by atoms with Crippen molar-refractivity contribution in [1.29, 1.82) is 0 Å². The van der Waals surface area contributed by atoms with Crippen molar-refractivity contribution < 1.29 is 4.79 Å². The molecule has 94 valence electrons. The van der Waals surface area contributed by atoms with Crippen LogP contribution in [0.15, 0.2) is 18.3 Å². The van der Waals surface area contributed by atoms with Crippen molar-refractivity contribution >= 4 is 11.7 Å². The van der Waals surface area contributed by atoms with Crippen LogP contribution in [-0.4, -0.2) is 50.5 Å². The number of carbonyl (C=O) groups is 1. The fourth-order valence-corrected chi connectivity index (χ4v) is 1.31. The Hall–Kier alpha value is -2.51. The third kappa shape index (κ3) is 2.78. The molecule has 0 saturated heterocycles. The molecule has 0 aromatic carbocycles. The number of pyridine rings is 1. The van der Waals surface area contributed by atoms with Crippen LogP contribution in [-0.2, 0) is 6.54 Å². The summed E-state index contributed by atoms with van der Waals surface area (Å²) in [6, 6.07) is 3.45. The molecule has 0 aliphatic rings. The Bertz CT molecular complexity index is 506. The Morgan fingerprint density at radius 1 is 1.44 bits per heavy atom. The SMILES string of the molecule is CN(C)C(=O)c1ccc(NCc2nn[nH]n2)nc1. The lowest BCUT2D eigenvalue weighted by Gasteiger charge is -2.10. The van der Waals surface area contributed by atoms with Gasteiger partial charge in [0, 0.05) is 20.3 Å². The average Bonchev–Trinajstić information content (AvgIpc) is 2.89. The van der Waals surface area contributed by atoms with Crippen LogP contribution in [0.25, 0.3) is 0 Å². The van der Waals surface area contributed by atoms with E-state index in [0.717, 1.165) is 0 Å². The van der Waals surface area contributed by atoms with Crippen LogP contribution in [0.1, 0.15) is 16.2 Å². The lowest BCUT2D eigenvalue weighted by atomic mass is 10.2. The first-order valence-electron chi connectivity index (χ1n) is 5.30. The Kier molecular flexibility index (Phi) is 3.46. The number of nitrogens with one attached hydrogen (secondary N) is 2. The molecule has 8 heteroatoms. The van der Waals surface area contributed by atoms with Crippen LogP contribution in [0.5, 0.6) is 0 Å². The van der Waals surface area contributed by atoms with E-state index in [1.807, 2.05) is 0 Å². The van der Waals surface area contributed by atoms with Crippen LogP contribution in [0, 0.1) is 0 Å². The predicted molar refractivity (Wildman–Crippen MR) is 63.8 cm³/mol. The van der Waals surface area contributed by atoms with E-state index < -0.39 is 0 Å². The first kappa shape index (κ1) is 12.0. The summed E-state index contributed by atoms with van der Waals surface area (Å²) in [5, 5.41) is 16.4. The molecule has 0 radical (unpaired) electrons. The van der Waals surface area contributed by atoms with Gasteiger partial charge in [-0.2, -0.15) is 5.21 Å². The smallest absolute Gasteiger partial charge is 0.254 e. The van der Waals surface area contributed by atoms with Crippen LogP contribution in [0.3, 0.4) is 0 Å². The number of aromatic amines is 1. The van der Waals surface area contributed by atoms with E-state index in [-0.39, 0.29) is 5.91 Å². The summed E-state index contributed by atoms with van der Waals surface area (Å²) >= 11 is 0. The van der Waals surface area contributed by atoms with Crippen molar-refractivity contribution in [3.63, 3.8) is 0 Å². The molecule has 0 aliphatic carbocycles. The molecule has 0 bridgehead atoms. The number of hydrogen-bond acceptors (Lipinski definition) is 6. The zero-order valence-electron chi connectivity index (χ0n) is 10.1. The second-order valence-corrected chi connectivity index (χ2v) is 3.81. The molecular formula is C10H13N7O. The highest BCUT2D eigenvalue weighted by molar-refractivity contribution is 5.93. The lowest BCUT2D eigenvalue weighted by molar-refractivity contribution is 0.0827. The van der Waals surface area contributed by atoms with Crippen molar-refractivity contribution in [2.75, 3.05) is 19.4 Å². The Labute approximate surface area is 103 Å². The van der Waals surface area contributed by atoms with E-state index in [9.17, 15) is 4.79 Å². The maximum atomic E-state index is 11.6. The first-order chi connectivity index (χ1) is 8.66. The minimum Gasteiger partial charge on any atom is -0.363 e. The Balaban J connectivity index is 1.97. The van der Waals surface area contributed by atoms with Crippen molar-refractivity contribution in [2.24, 2.45) is 0 Å². The molecule has 0 aliphatic heterocycles. The number of carbonyl (C=O) groups excluding carboxylic acids is 1. The van der Waals surface area contributed by atoms with Gasteiger partial charge >= 0.3 is 0 Å². The minimum atomic E-state index is -0.0767. The zero-order chi connectivity index (χ0) is 13.0. The predicted octanol–water partition coefficient (Wildman–Crippen LogP) is -0.0914. The molecular weight excluding hydrogens is 234 g/mol. The molecule has 2 aromatic rings. The van der Waals surface area contributed by atoms with Gasteiger partial charge in [-0.05, 0) is 12.1 Å². The summed E-state index contributed by atoms with van der Waals surface area (Å²) < 4.78 is 0. The largest absolute Gasteiger partial charge is 0.363 e. The molecule has 0 fully saturated rings. The number of hydrogen-bond donors (Lipinski definition) is 2. The normalized spacial score (nSPS) is 10.1. The van der Waals surface area contributed by atoms with E-state index >= 15 is 0 Å². The lowest BCUT2D eigenvalue weighted by Crippen LogP contribution is -2.21. The van der Waals surface area contributed by atoms with Gasteiger partial charge in [-0.25, -0.2) is 4.98 Å². The molecule has 0 atom stereocenters. The Morgan fingerprint density at radius 3 is 2.83 bits per heavy atom. The van der Waals surface area contributed by atoms with Gasteiger partial charge in [0.1, 0.15) is 5.82 Å². The molecule has 0 unspecified atom stereocenters. The molecule has 0 saturated carbocycles. The molecule has 1 amide bonds. The number of aromatic nitrogens is 5. The monoisotopic (exact) mass is 247 g/mol. The fourth-order valence-electron chi connectivity index (χ4n) is 1.31. The quantitative estimate of drug-likeness (QED) is 0.783. The maximum Gasteiger partial charge on any atom is 0.254 e. The highest BCUT2D eigenvalue weighted by Gasteiger charge is 2.08. The van der Waals surface area contributed by atoms with Gasteiger partial charge in [0.05, 0.1) is 12.1 Å². The van der Waals surface area contributed by atoms with Crippen LogP contribution < -0.4 is 5.32 Å².